The van der Waals surface area contributed by atoms with Crippen LogP contribution in [-0.2, 0) is 0 Å². The van der Waals surface area contributed by atoms with Gasteiger partial charge in [0.05, 0.1) is 0 Å². The summed E-state index contributed by atoms with van der Waals surface area (Å²) in [7, 11) is 0. The zero-order valence-corrected chi connectivity index (χ0v) is 5.96. The first-order valence-electron chi connectivity index (χ1n) is 3.58. The van der Waals surface area contributed by atoms with Crippen LogP contribution in [0.15, 0.2) is 6.07 Å². The molecule has 0 aromatic carbocycles. The van der Waals surface area contributed by atoms with Crippen LogP contribution in [0.4, 0.5) is 5.82 Å². The lowest BCUT2D eigenvalue weighted by Gasteiger charge is -1.86. The number of aromatic nitrogens is 2. The quantitative estimate of drug-likeness (QED) is 0.609. The van der Waals surface area contributed by atoms with Crippen LogP contribution >= 0.6 is 0 Å². The number of hydrogen-bond acceptors (Lipinski definition) is 2. The fraction of sp³-hybridized carbons (Fsp3) is 0.571. The molecule has 1 aliphatic carbocycles. The van der Waals surface area contributed by atoms with Crippen molar-refractivity contribution in [1.82, 2.24) is 10.2 Å². The molecule has 0 saturated heterocycles. The maximum atomic E-state index is 5.45. The van der Waals surface area contributed by atoms with E-state index in [4.69, 9.17) is 5.73 Å². The number of anilines is 1. The summed E-state index contributed by atoms with van der Waals surface area (Å²) >= 11 is 0. The van der Waals surface area contributed by atoms with Crippen molar-refractivity contribution in [2.24, 2.45) is 5.92 Å². The van der Waals surface area contributed by atoms with Crippen molar-refractivity contribution < 1.29 is 0 Å². The van der Waals surface area contributed by atoms with Crippen LogP contribution in [0.25, 0.3) is 0 Å². The topological polar surface area (TPSA) is 54.7 Å². The number of nitrogens with zero attached hydrogens (tertiary/aromatic N) is 1. The van der Waals surface area contributed by atoms with Gasteiger partial charge in [0.15, 0.2) is 0 Å². The van der Waals surface area contributed by atoms with Crippen LogP contribution in [0.2, 0.25) is 0 Å². The number of nitrogens with two attached hydrogens (primary N) is 1. The lowest BCUT2D eigenvalue weighted by Crippen LogP contribution is -1.81. The third kappa shape index (κ3) is 0.781. The van der Waals surface area contributed by atoms with Crippen molar-refractivity contribution in [3.8, 4) is 0 Å². The van der Waals surface area contributed by atoms with E-state index in [1.807, 2.05) is 6.07 Å². The predicted molar refractivity (Wildman–Crippen MR) is 39.5 cm³/mol. The van der Waals surface area contributed by atoms with E-state index >= 15 is 0 Å². The minimum absolute atomic E-state index is 0.606. The molecule has 1 aromatic heterocycles. The molecular weight excluding hydrogens is 126 g/mol. The highest BCUT2D eigenvalue weighted by Crippen LogP contribution is 2.46. The van der Waals surface area contributed by atoms with Crippen LogP contribution in [-0.4, -0.2) is 10.2 Å². The molecule has 1 aromatic rings. The molecule has 0 bridgehead atoms. The summed E-state index contributed by atoms with van der Waals surface area (Å²) in [5, 5.41) is 6.79. The van der Waals surface area contributed by atoms with Crippen molar-refractivity contribution in [2.45, 2.75) is 19.3 Å². The Morgan fingerprint density at radius 3 is 2.90 bits per heavy atom. The van der Waals surface area contributed by atoms with Gasteiger partial charge in [0.2, 0.25) is 0 Å². The number of hydrogen-bond donors (Lipinski definition) is 2. The van der Waals surface area contributed by atoms with Gasteiger partial charge in [0.1, 0.15) is 5.82 Å². The maximum Gasteiger partial charge on any atom is 0.145 e. The number of nitrogens with one attached hydrogen (secondary N) is 1. The average molecular weight is 137 g/mol. The summed E-state index contributed by atoms with van der Waals surface area (Å²) in [6, 6.07) is 1.92. The molecule has 3 N–H and O–H groups in total. The third-order valence-electron chi connectivity index (χ3n) is 2.13. The fourth-order valence-corrected chi connectivity index (χ4v) is 1.30. The molecule has 10 heavy (non-hydrogen) atoms. The van der Waals surface area contributed by atoms with E-state index < -0.39 is 0 Å². The second kappa shape index (κ2) is 1.75. The minimum Gasteiger partial charge on any atom is -0.382 e. The van der Waals surface area contributed by atoms with Crippen LogP contribution in [0, 0.1) is 5.92 Å². The highest BCUT2D eigenvalue weighted by molar-refractivity contribution is 5.32. The normalized spacial score (nSPS) is 30.5. The van der Waals surface area contributed by atoms with E-state index in [1.165, 1.54) is 12.1 Å². The predicted octanol–water partition coefficient (Wildman–Crippen LogP) is 1.12. The smallest absolute Gasteiger partial charge is 0.145 e. The molecule has 0 amide bonds. The number of rotatable bonds is 1. The molecule has 2 unspecified atom stereocenters. The Bertz CT molecular complexity index is 241. The van der Waals surface area contributed by atoms with Crippen LogP contribution in [0.3, 0.4) is 0 Å². The largest absolute Gasteiger partial charge is 0.382 e. The Hall–Kier alpha value is -0.990. The van der Waals surface area contributed by atoms with Gasteiger partial charge in [0, 0.05) is 17.7 Å². The highest BCUT2D eigenvalue weighted by Gasteiger charge is 2.35. The Morgan fingerprint density at radius 2 is 2.50 bits per heavy atom. The number of H-pyrrole nitrogens is 1. The van der Waals surface area contributed by atoms with Crippen molar-refractivity contribution in [3.05, 3.63) is 11.8 Å². The summed E-state index contributed by atoms with van der Waals surface area (Å²) in [6.07, 6.45) is 1.28. The average Bonchev–Trinajstić information content (AvgIpc) is 2.42. The fourth-order valence-electron chi connectivity index (χ4n) is 1.30. The molecule has 1 heterocycles. The van der Waals surface area contributed by atoms with Gasteiger partial charge >= 0.3 is 0 Å². The lowest BCUT2D eigenvalue weighted by atomic mass is 10.2. The molecule has 54 valence electrons. The van der Waals surface area contributed by atoms with Gasteiger partial charge in [0.25, 0.3) is 0 Å². The Morgan fingerprint density at radius 1 is 1.80 bits per heavy atom. The summed E-state index contributed by atoms with van der Waals surface area (Å²) < 4.78 is 0. The first-order chi connectivity index (χ1) is 4.77. The zero-order chi connectivity index (χ0) is 7.14. The van der Waals surface area contributed by atoms with Gasteiger partial charge in [-0.25, -0.2) is 0 Å². The van der Waals surface area contributed by atoms with Crippen LogP contribution < -0.4 is 5.73 Å². The third-order valence-corrected chi connectivity index (χ3v) is 2.13. The van der Waals surface area contributed by atoms with Gasteiger partial charge in [-0.05, 0) is 12.3 Å². The maximum absolute atomic E-state index is 5.45. The highest BCUT2D eigenvalue weighted by atomic mass is 15.2. The lowest BCUT2D eigenvalue weighted by molar-refractivity contribution is 0.872. The Balaban J connectivity index is 2.20. The molecule has 1 fully saturated rings. The molecule has 3 heteroatoms. The van der Waals surface area contributed by atoms with Crippen molar-refractivity contribution in [2.75, 3.05) is 5.73 Å². The summed E-state index contributed by atoms with van der Waals surface area (Å²) in [5.41, 5.74) is 6.65. The van der Waals surface area contributed by atoms with Gasteiger partial charge in [-0.15, -0.1) is 0 Å². The molecule has 0 radical (unpaired) electrons. The van der Waals surface area contributed by atoms with Crippen molar-refractivity contribution >= 4 is 5.82 Å². The van der Waals surface area contributed by atoms with Gasteiger partial charge in [-0.3, -0.25) is 5.10 Å². The van der Waals surface area contributed by atoms with Crippen molar-refractivity contribution in [3.63, 3.8) is 0 Å². The first kappa shape index (κ1) is 5.77. The molecule has 1 saturated carbocycles. The Labute approximate surface area is 59.6 Å². The minimum atomic E-state index is 0.606. The number of nitrogen functional groups attached to an aromatic ring is 1. The Kier molecular flexibility index (Phi) is 1.01. The second-order valence-electron chi connectivity index (χ2n) is 3.07. The molecule has 3 nitrogen and oxygen atoms in total. The van der Waals surface area contributed by atoms with E-state index in [1.54, 1.807) is 0 Å². The molecule has 1 aliphatic rings. The molecule has 0 aliphatic heterocycles. The summed E-state index contributed by atoms with van der Waals surface area (Å²) in [4.78, 5) is 0. The number of aromatic amines is 1. The molecular formula is C7H11N3. The monoisotopic (exact) mass is 137 g/mol. The van der Waals surface area contributed by atoms with Crippen LogP contribution in [0.5, 0.6) is 0 Å². The van der Waals surface area contributed by atoms with Crippen molar-refractivity contribution in [1.29, 1.82) is 0 Å². The van der Waals surface area contributed by atoms with E-state index in [2.05, 4.69) is 17.1 Å². The standard InChI is InChI=1S/C7H11N3/c1-4-2-5(4)6-3-7(8)10-9-6/h3-5H,2H2,1H3,(H3,8,9,10). The van der Waals surface area contributed by atoms with E-state index in [9.17, 15) is 0 Å². The van der Waals surface area contributed by atoms with Gasteiger partial charge in [-0.1, -0.05) is 6.92 Å². The van der Waals surface area contributed by atoms with E-state index in [0.717, 1.165) is 5.92 Å². The van der Waals surface area contributed by atoms with Crippen LogP contribution in [0.1, 0.15) is 25.0 Å². The molecule has 0 spiro atoms. The summed E-state index contributed by atoms with van der Waals surface area (Å²) in [6.45, 7) is 2.24. The van der Waals surface area contributed by atoms with Gasteiger partial charge in [-0.2, -0.15) is 5.10 Å². The van der Waals surface area contributed by atoms with E-state index in [0.29, 0.717) is 11.7 Å². The first-order valence-corrected chi connectivity index (χ1v) is 3.58. The second-order valence-corrected chi connectivity index (χ2v) is 3.07. The molecule has 2 rings (SSSR count). The molecule has 2 atom stereocenters. The SMILES string of the molecule is CC1CC1c1cc(N)n[nH]1. The van der Waals surface area contributed by atoms with Gasteiger partial charge < -0.3 is 5.73 Å². The summed E-state index contributed by atoms with van der Waals surface area (Å²) in [5.74, 6) is 2.12. The zero-order valence-electron chi connectivity index (χ0n) is 5.96. The van der Waals surface area contributed by atoms with E-state index in [-0.39, 0.29) is 0 Å².